The second-order valence-corrected chi connectivity index (χ2v) is 7.30. The monoisotopic (exact) mass is 316 g/mol. The standard InChI is InChI=1S/C19H28N2O2/c1-14-5-4-6-15(9-14)11-21-8-7-17-16(12-21)13-23-18(17)10-19(22)20(2)3/h4-6,9,16-18H,7-8,10-13H2,1-3H3/t16-,17-,18+/m1/s1. The quantitative estimate of drug-likeness (QED) is 0.854. The van der Waals surface area contributed by atoms with Crippen LogP contribution in [0.4, 0.5) is 0 Å². The van der Waals surface area contributed by atoms with Crippen molar-refractivity contribution in [1.29, 1.82) is 0 Å². The topological polar surface area (TPSA) is 32.8 Å². The Morgan fingerprint density at radius 2 is 2.22 bits per heavy atom. The lowest BCUT2D eigenvalue weighted by atomic mass is 9.83. The highest BCUT2D eigenvalue weighted by Gasteiger charge is 2.41. The van der Waals surface area contributed by atoms with Gasteiger partial charge in [-0.05, 0) is 31.4 Å². The average molecular weight is 316 g/mol. The van der Waals surface area contributed by atoms with Crippen LogP contribution in [0.2, 0.25) is 0 Å². The molecular weight excluding hydrogens is 288 g/mol. The van der Waals surface area contributed by atoms with Crippen LogP contribution in [0.1, 0.15) is 24.0 Å². The van der Waals surface area contributed by atoms with Crippen LogP contribution in [0.15, 0.2) is 24.3 Å². The fourth-order valence-electron chi connectivity index (χ4n) is 3.94. The van der Waals surface area contributed by atoms with Crippen LogP contribution in [0.3, 0.4) is 0 Å². The Kier molecular flexibility index (Phi) is 5.02. The van der Waals surface area contributed by atoms with Crippen molar-refractivity contribution in [2.45, 2.75) is 32.4 Å². The lowest BCUT2D eigenvalue weighted by Crippen LogP contribution is -2.41. The van der Waals surface area contributed by atoms with Crippen LogP contribution >= 0.6 is 0 Å². The second-order valence-electron chi connectivity index (χ2n) is 7.30. The molecular formula is C19H28N2O2. The minimum Gasteiger partial charge on any atom is -0.377 e. The number of hydrogen-bond donors (Lipinski definition) is 0. The molecule has 0 aromatic heterocycles. The highest BCUT2D eigenvalue weighted by atomic mass is 16.5. The van der Waals surface area contributed by atoms with Crippen molar-refractivity contribution >= 4 is 5.91 Å². The first-order valence-corrected chi connectivity index (χ1v) is 8.62. The molecule has 1 aromatic rings. The largest absolute Gasteiger partial charge is 0.377 e. The van der Waals surface area contributed by atoms with E-state index in [-0.39, 0.29) is 12.0 Å². The van der Waals surface area contributed by atoms with E-state index in [1.807, 2.05) is 14.1 Å². The number of carbonyl (C=O) groups is 1. The summed E-state index contributed by atoms with van der Waals surface area (Å²) in [5, 5.41) is 0. The Balaban J connectivity index is 1.55. The van der Waals surface area contributed by atoms with Gasteiger partial charge in [0.1, 0.15) is 0 Å². The van der Waals surface area contributed by atoms with Crippen LogP contribution in [0.25, 0.3) is 0 Å². The molecule has 23 heavy (non-hydrogen) atoms. The molecule has 0 N–H and O–H groups in total. The third-order valence-corrected chi connectivity index (χ3v) is 5.24. The predicted octanol–water partition coefficient (Wildman–Crippen LogP) is 2.31. The fourth-order valence-corrected chi connectivity index (χ4v) is 3.94. The van der Waals surface area contributed by atoms with E-state index in [1.165, 1.54) is 11.1 Å². The number of ether oxygens (including phenoxy) is 1. The maximum absolute atomic E-state index is 11.9. The van der Waals surface area contributed by atoms with Crippen LogP contribution < -0.4 is 0 Å². The van der Waals surface area contributed by atoms with E-state index in [1.54, 1.807) is 4.90 Å². The van der Waals surface area contributed by atoms with Gasteiger partial charge in [0.2, 0.25) is 5.91 Å². The lowest BCUT2D eigenvalue weighted by Gasteiger charge is -2.35. The molecule has 0 saturated carbocycles. The second kappa shape index (κ2) is 7.02. The van der Waals surface area contributed by atoms with Crippen LogP contribution in [-0.2, 0) is 16.1 Å². The molecule has 4 nitrogen and oxygen atoms in total. The number of aryl methyl sites for hydroxylation is 1. The summed E-state index contributed by atoms with van der Waals surface area (Å²) in [7, 11) is 3.64. The molecule has 2 saturated heterocycles. The molecule has 2 heterocycles. The number of piperidine rings is 1. The van der Waals surface area contributed by atoms with E-state index >= 15 is 0 Å². The van der Waals surface area contributed by atoms with Gasteiger partial charge in [0.25, 0.3) is 0 Å². The Hall–Kier alpha value is -1.39. The molecule has 2 aliphatic heterocycles. The summed E-state index contributed by atoms with van der Waals surface area (Å²) >= 11 is 0. The van der Waals surface area contributed by atoms with Crippen LogP contribution in [-0.4, -0.2) is 55.6 Å². The molecule has 126 valence electrons. The average Bonchev–Trinajstić information content (AvgIpc) is 2.89. The zero-order valence-electron chi connectivity index (χ0n) is 14.5. The van der Waals surface area contributed by atoms with E-state index < -0.39 is 0 Å². The van der Waals surface area contributed by atoms with Crippen molar-refractivity contribution in [3.63, 3.8) is 0 Å². The molecule has 0 radical (unpaired) electrons. The number of nitrogens with zero attached hydrogens (tertiary/aromatic N) is 2. The summed E-state index contributed by atoms with van der Waals surface area (Å²) in [5.74, 6) is 1.30. The molecule has 0 aliphatic carbocycles. The fraction of sp³-hybridized carbons (Fsp3) is 0.632. The zero-order valence-corrected chi connectivity index (χ0v) is 14.5. The first kappa shape index (κ1) is 16.5. The Morgan fingerprint density at radius 1 is 1.39 bits per heavy atom. The molecule has 3 atom stereocenters. The van der Waals surface area contributed by atoms with Gasteiger partial charge < -0.3 is 9.64 Å². The minimum absolute atomic E-state index is 0.121. The van der Waals surface area contributed by atoms with Crippen molar-refractivity contribution in [3.05, 3.63) is 35.4 Å². The van der Waals surface area contributed by atoms with Crippen molar-refractivity contribution < 1.29 is 9.53 Å². The van der Waals surface area contributed by atoms with E-state index in [4.69, 9.17) is 4.74 Å². The molecule has 0 bridgehead atoms. The van der Waals surface area contributed by atoms with Gasteiger partial charge in [-0.1, -0.05) is 29.8 Å². The van der Waals surface area contributed by atoms with Gasteiger partial charge in [-0.15, -0.1) is 0 Å². The summed E-state index contributed by atoms with van der Waals surface area (Å²) in [4.78, 5) is 16.2. The van der Waals surface area contributed by atoms with Crippen molar-refractivity contribution in [2.75, 3.05) is 33.8 Å². The Labute approximate surface area is 139 Å². The van der Waals surface area contributed by atoms with Gasteiger partial charge in [0.05, 0.1) is 19.1 Å². The van der Waals surface area contributed by atoms with Gasteiger partial charge in [-0.25, -0.2) is 0 Å². The highest BCUT2D eigenvalue weighted by molar-refractivity contribution is 5.76. The van der Waals surface area contributed by atoms with Gasteiger partial charge in [-0.3, -0.25) is 9.69 Å². The van der Waals surface area contributed by atoms with Crippen LogP contribution in [0, 0.1) is 18.8 Å². The Morgan fingerprint density at radius 3 is 2.96 bits per heavy atom. The van der Waals surface area contributed by atoms with Crippen molar-refractivity contribution in [3.8, 4) is 0 Å². The molecule has 0 spiro atoms. The van der Waals surface area contributed by atoms with Crippen LogP contribution in [0.5, 0.6) is 0 Å². The lowest BCUT2D eigenvalue weighted by molar-refractivity contribution is -0.131. The summed E-state index contributed by atoms with van der Waals surface area (Å²) in [6.45, 7) is 6.16. The molecule has 0 unspecified atom stereocenters. The molecule has 1 amide bonds. The van der Waals surface area contributed by atoms with Gasteiger partial charge in [-0.2, -0.15) is 0 Å². The van der Waals surface area contributed by atoms with E-state index in [2.05, 4.69) is 36.1 Å². The number of likely N-dealkylation sites (tertiary alicyclic amines) is 1. The highest BCUT2D eigenvalue weighted by Crippen LogP contribution is 2.36. The number of benzene rings is 1. The van der Waals surface area contributed by atoms with Gasteiger partial charge >= 0.3 is 0 Å². The summed E-state index contributed by atoms with van der Waals surface area (Å²) in [6, 6.07) is 8.77. The number of carbonyl (C=O) groups excluding carboxylic acids is 1. The first-order valence-electron chi connectivity index (χ1n) is 8.62. The molecule has 3 rings (SSSR count). The van der Waals surface area contributed by atoms with Gasteiger partial charge in [0, 0.05) is 33.1 Å². The molecule has 4 heteroatoms. The zero-order chi connectivity index (χ0) is 16.4. The minimum atomic E-state index is 0.121. The maximum atomic E-state index is 11.9. The van der Waals surface area contributed by atoms with E-state index in [9.17, 15) is 4.79 Å². The number of hydrogen-bond acceptors (Lipinski definition) is 3. The number of fused-ring (bicyclic) bond motifs is 1. The van der Waals surface area contributed by atoms with E-state index in [0.29, 0.717) is 18.3 Å². The molecule has 1 aromatic carbocycles. The SMILES string of the molecule is Cc1cccc(CN2CC[C@@H]3[C@@H](CO[C@H]3CC(=O)N(C)C)C2)c1. The van der Waals surface area contributed by atoms with E-state index in [0.717, 1.165) is 32.7 Å². The predicted molar refractivity (Wildman–Crippen MR) is 91.1 cm³/mol. The normalized spacial score (nSPS) is 27.7. The number of amides is 1. The first-order chi connectivity index (χ1) is 11.0. The molecule has 2 fully saturated rings. The third kappa shape index (κ3) is 3.93. The molecule has 2 aliphatic rings. The summed E-state index contributed by atoms with van der Waals surface area (Å²) in [5.41, 5.74) is 2.71. The van der Waals surface area contributed by atoms with Crippen molar-refractivity contribution in [2.24, 2.45) is 11.8 Å². The van der Waals surface area contributed by atoms with Gasteiger partial charge in [0.15, 0.2) is 0 Å². The van der Waals surface area contributed by atoms with Crippen molar-refractivity contribution in [1.82, 2.24) is 9.80 Å². The Bertz CT molecular complexity index is 558. The number of rotatable bonds is 4. The smallest absolute Gasteiger partial charge is 0.224 e. The summed E-state index contributed by atoms with van der Waals surface area (Å²) in [6.07, 6.45) is 1.80. The summed E-state index contributed by atoms with van der Waals surface area (Å²) < 4.78 is 5.96. The maximum Gasteiger partial charge on any atom is 0.224 e. The third-order valence-electron chi connectivity index (χ3n) is 5.24.